The van der Waals surface area contributed by atoms with Crippen LogP contribution in [-0.2, 0) is 11.3 Å². The van der Waals surface area contributed by atoms with E-state index in [1.165, 1.54) is 23.7 Å². The fraction of sp³-hybridized carbons (Fsp3) is 0.762. The van der Waals surface area contributed by atoms with E-state index in [-0.39, 0.29) is 30.0 Å². The van der Waals surface area contributed by atoms with Gasteiger partial charge < -0.3 is 10.1 Å². The summed E-state index contributed by atoms with van der Waals surface area (Å²) in [6.45, 7) is 13.0. The average molecular weight is 391 g/mol. The number of hydrogen-bond donors (Lipinski definition) is 1. The van der Waals surface area contributed by atoms with E-state index >= 15 is 0 Å². The van der Waals surface area contributed by atoms with Crippen LogP contribution in [0.15, 0.2) is 10.9 Å². The van der Waals surface area contributed by atoms with E-state index in [2.05, 4.69) is 36.1 Å². The van der Waals surface area contributed by atoms with Gasteiger partial charge >= 0.3 is 0 Å². The van der Waals surface area contributed by atoms with E-state index < -0.39 is 0 Å². The minimum Gasteiger partial charge on any atom is -0.491 e. The van der Waals surface area contributed by atoms with Gasteiger partial charge in [-0.2, -0.15) is 5.10 Å². The number of carbonyl (C=O) groups is 1. The van der Waals surface area contributed by atoms with Crippen molar-refractivity contribution in [2.45, 2.75) is 77.9 Å². The van der Waals surface area contributed by atoms with E-state index in [9.17, 15) is 9.59 Å². The second-order valence-corrected chi connectivity index (χ2v) is 8.98. The van der Waals surface area contributed by atoms with E-state index in [4.69, 9.17) is 4.74 Å². The fourth-order valence-electron chi connectivity index (χ4n) is 4.29. The van der Waals surface area contributed by atoms with Crippen molar-refractivity contribution in [2.24, 2.45) is 5.92 Å². The second kappa shape index (κ2) is 8.23. The summed E-state index contributed by atoms with van der Waals surface area (Å²) in [5.41, 5.74) is 0.727. The van der Waals surface area contributed by atoms with Crippen molar-refractivity contribution in [3.63, 3.8) is 0 Å². The molecule has 2 fully saturated rings. The van der Waals surface area contributed by atoms with Crippen LogP contribution in [0.4, 0.5) is 0 Å². The molecular formula is C21H34N4O3. The number of nitrogens with zero attached hydrogens (tertiary/aromatic N) is 3. The Balaban J connectivity index is 1.61. The van der Waals surface area contributed by atoms with Gasteiger partial charge in [-0.15, -0.1) is 0 Å². The van der Waals surface area contributed by atoms with Crippen LogP contribution in [0.1, 0.15) is 65.5 Å². The van der Waals surface area contributed by atoms with Gasteiger partial charge in [0, 0.05) is 30.1 Å². The second-order valence-electron chi connectivity index (χ2n) is 8.98. The zero-order valence-electron chi connectivity index (χ0n) is 17.8. The number of hydrogen-bond acceptors (Lipinski definition) is 5. The molecule has 0 bridgehead atoms. The lowest BCUT2D eigenvalue weighted by atomic mass is 9.64. The molecule has 0 unspecified atom stereocenters. The van der Waals surface area contributed by atoms with Crippen molar-refractivity contribution in [3.8, 4) is 5.75 Å². The predicted octanol–water partition coefficient (Wildman–Crippen LogP) is 2.14. The Morgan fingerprint density at radius 2 is 2.07 bits per heavy atom. The third kappa shape index (κ3) is 4.24. The van der Waals surface area contributed by atoms with Crippen molar-refractivity contribution >= 4 is 5.91 Å². The van der Waals surface area contributed by atoms with Crippen LogP contribution in [0.3, 0.4) is 0 Å². The quantitative estimate of drug-likeness (QED) is 0.736. The molecule has 1 aromatic heterocycles. The molecule has 7 heteroatoms. The van der Waals surface area contributed by atoms with Crippen LogP contribution in [0.25, 0.3) is 0 Å². The van der Waals surface area contributed by atoms with Crippen molar-refractivity contribution in [3.05, 3.63) is 22.1 Å². The number of likely N-dealkylation sites (tertiary alicyclic amines) is 1. The topological polar surface area (TPSA) is 76.5 Å². The highest BCUT2D eigenvalue weighted by Gasteiger charge is 2.53. The summed E-state index contributed by atoms with van der Waals surface area (Å²) in [5, 5.41) is 7.50. The van der Waals surface area contributed by atoms with E-state index in [1.807, 2.05) is 13.8 Å². The largest absolute Gasteiger partial charge is 0.491 e. The number of amides is 1. The van der Waals surface area contributed by atoms with Gasteiger partial charge in [-0.05, 0) is 31.7 Å². The van der Waals surface area contributed by atoms with Gasteiger partial charge in [0.1, 0.15) is 18.0 Å². The van der Waals surface area contributed by atoms with Gasteiger partial charge in [-0.3, -0.25) is 14.5 Å². The maximum atomic E-state index is 12.5. The van der Waals surface area contributed by atoms with Crippen LogP contribution in [-0.4, -0.2) is 51.9 Å². The first-order chi connectivity index (χ1) is 13.2. The van der Waals surface area contributed by atoms with E-state index in [0.29, 0.717) is 29.5 Å². The van der Waals surface area contributed by atoms with Crippen molar-refractivity contribution in [1.29, 1.82) is 0 Å². The molecule has 1 saturated heterocycles. The van der Waals surface area contributed by atoms with Crippen LogP contribution in [0, 0.1) is 5.92 Å². The van der Waals surface area contributed by atoms with Crippen LogP contribution in [0.2, 0.25) is 0 Å². The Morgan fingerprint density at radius 1 is 1.36 bits per heavy atom. The smallest absolute Gasteiger partial charge is 0.270 e. The zero-order valence-corrected chi connectivity index (χ0v) is 17.8. The number of aromatic nitrogens is 2. The Morgan fingerprint density at radius 3 is 2.61 bits per heavy atom. The molecule has 1 saturated carbocycles. The molecule has 0 aromatic carbocycles. The Hall–Kier alpha value is -1.89. The highest BCUT2D eigenvalue weighted by atomic mass is 16.5. The SMILES string of the molecule is CCN1CC[C@]12C[C@H](NC(=O)Cn1nc(C(C)C)c(OCC(C)C)cc1=O)C2. The van der Waals surface area contributed by atoms with E-state index in [1.54, 1.807) is 0 Å². The minimum atomic E-state index is -0.306. The molecule has 2 aliphatic rings. The summed E-state index contributed by atoms with van der Waals surface area (Å²) >= 11 is 0. The molecule has 1 aromatic rings. The number of ether oxygens (including phenoxy) is 1. The first-order valence-corrected chi connectivity index (χ1v) is 10.5. The summed E-state index contributed by atoms with van der Waals surface area (Å²) in [6.07, 6.45) is 3.24. The fourth-order valence-corrected chi connectivity index (χ4v) is 4.29. The van der Waals surface area contributed by atoms with Crippen LogP contribution in [0.5, 0.6) is 5.75 Å². The summed E-state index contributed by atoms with van der Waals surface area (Å²) in [4.78, 5) is 27.4. The molecule has 1 aliphatic heterocycles. The Kier molecular flexibility index (Phi) is 6.12. The number of rotatable bonds is 8. The predicted molar refractivity (Wildman–Crippen MR) is 109 cm³/mol. The summed E-state index contributed by atoms with van der Waals surface area (Å²) in [7, 11) is 0. The maximum absolute atomic E-state index is 12.5. The first-order valence-electron chi connectivity index (χ1n) is 10.5. The number of nitrogens with one attached hydrogen (secondary N) is 1. The highest BCUT2D eigenvalue weighted by Crippen LogP contribution is 2.46. The van der Waals surface area contributed by atoms with Gasteiger partial charge in [0.05, 0.1) is 6.61 Å². The van der Waals surface area contributed by atoms with Crippen molar-refractivity contribution in [2.75, 3.05) is 19.7 Å². The lowest BCUT2D eigenvalue weighted by molar-refractivity contribution is -0.128. The van der Waals surface area contributed by atoms with Gasteiger partial charge in [0.2, 0.25) is 5.91 Å². The molecule has 3 rings (SSSR count). The molecule has 1 aliphatic carbocycles. The summed E-state index contributed by atoms with van der Waals surface area (Å²) in [5.74, 6) is 0.832. The van der Waals surface area contributed by atoms with Crippen molar-refractivity contribution < 1.29 is 9.53 Å². The van der Waals surface area contributed by atoms with E-state index in [0.717, 1.165) is 19.4 Å². The molecule has 0 radical (unpaired) electrons. The normalized spacial score (nSPS) is 24.3. The summed E-state index contributed by atoms with van der Waals surface area (Å²) in [6, 6.07) is 1.67. The lowest BCUT2D eigenvalue weighted by Crippen LogP contribution is -2.70. The highest BCUT2D eigenvalue weighted by molar-refractivity contribution is 5.76. The van der Waals surface area contributed by atoms with Gasteiger partial charge in [-0.1, -0.05) is 34.6 Å². The van der Waals surface area contributed by atoms with Crippen LogP contribution >= 0.6 is 0 Å². The zero-order chi connectivity index (χ0) is 20.5. The summed E-state index contributed by atoms with van der Waals surface area (Å²) < 4.78 is 7.03. The molecule has 0 atom stereocenters. The minimum absolute atomic E-state index is 0.0516. The van der Waals surface area contributed by atoms with Crippen molar-refractivity contribution in [1.82, 2.24) is 20.0 Å². The molecule has 7 nitrogen and oxygen atoms in total. The van der Waals surface area contributed by atoms with Gasteiger partial charge in [0.15, 0.2) is 0 Å². The number of carbonyl (C=O) groups excluding carboxylic acids is 1. The monoisotopic (exact) mass is 390 g/mol. The molecule has 156 valence electrons. The molecule has 1 amide bonds. The standard InChI is InChI=1S/C21H34N4O3/c1-6-24-8-7-21(24)10-16(11-21)22-18(26)12-25-19(27)9-17(28-13-14(2)3)20(23-25)15(4)5/h9,14-16H,6-8,10-13H2,1-5H3,(H,22,26)/t16-,21+. The lowest BCUT2D eigenvalue weighted by Gasteiger charge is -2.61. The third-order valence-corrected chi connectivity index (χ3v) is 5.92. The molecule has 28 heavy (non-hydrogen) atoms. The van der Waals surface area contributed by atoms with Crippen LogP contribution < -0.4 is 15.6 Å². The molecule has 1 N–H and O–H groups in total. The first kappa shape index (κ1) is 20.8. The van der Waals surface area contributed by atoms with Gasteiger partial charge in [-0.25, -0.2) is 4.68 Å². The third-order valence-electron chi connectivity index (χ3n) is 5.92. The van der Waals surface area contributed by atoms with Gasteiger partial charge in [0.25, 0.3) is 5.56 Å². The molecule has 1 spiro atoms. The Bertz CT molecular complexity index is 763. The Labute approximate surface area is 167 Å². The molecule has 2 heterocycles. The average Bonchev–Trinajstić information content (AvgIpc) is 2.56. The molecular weight excluding hydrogens is 356 g/mol. The maximum Gasteiger partial charge on any atom is 0.270 e.